The van der Waals surface area contributed by atoms with Crippen LogP contribution < -0.4 is 0 Å². The summed E-state index contributed by atoms with van der Waals surface area (Å²) in [5, 5.41) is 64.3. The van der Waals surface area contributed by atoms with Crippen LogP contribution in [0.2, 0.25) is 0 Å². The van der Waals surface area contributed by atoms with E-state index in [4.69, 9.17) is 56.5 Å². The minimum Gasteiger partial charge on any atom is -0.469 e. The Kier molecular flexibility index (Phi) is 15.8. The first-order valence-electron chi connectivity index (χ1n) is 24.0. The van der Waals surface area contributed by atoms with Crippen LogP contribution in [0.4, 0.5) is 0 Å². The number of ketones is 1. The maximum atomic E-state index is 14.2. The molecule has 6 N–H and O–H groups in total. The highest BCUT2D eigenvalue weighted by Gasteiger charge is 2.61. The van der Waals surface area contributed by atoms with Gasteiger partial charge in [0.1, 0.15) is 60.4 Å². The molecule has 67 heavy (non-hydrogen) atoms. The molecule has 7 aliphatic rings. The molecule has 1 aromatic heterocycles. The predicted molar refractivity (Wildman–Crippen MR) is 232 cm³/mol. The van der Waals surface area contributed by atoms with Gasteiger partial charge in [-0.1, -0.05) is 18.6 Å². The van der Waals surface area contributed by atoms with Crippen LogP contribution in [0.3, 0.4) is 0 Å². The molecule has 2 saturated carbocycles. The van der Waals surface area contributed by atoms with E-state index < -0.39 is 140 Å². The Morgan fingerprint density at radius 2 is 1.24 bits per heavy atom. The second-order valence-corrected chi connectivity index (χ2v) is 20.2. The molecule has 8 rings (SSSR count). The Hall–Kier alpha value is -1.99. The number of carbonyl (C=O) groups excluding carboxylic acids is 1. The molecule has 0 amide bonds. The number of methoxy groups -OCH3 is 3. The first-order valence-corrected chi connectivity index (χ1v) is 24.0. The fourth-order valence-corrected chi connectivity index (χ4v) is 12.5. The molecule has 1 aromatic rings. The van der Waals surface area contributed by atoms with Crippen molar-refractivity contribution in [3.63, 3.8) is 0 Å². The van der Waals surface area contributed by atoms with Gasteiger partial charge in [-0.15, -0.1) is 0 Å². The lowest BCUT2D eigenvalue weighted by molar-refractivity contribution is -0.357. The number of carbonyl (C=O) groups is 1. The van der Waals surface area contributed by atoms with Crippen molar-refractivity contribution in [2.45, 2.75) is 215 Å². The predicted octanol–water partition coefficient (Wildman–Crippen LogP) is 1.69. The van der Waals surface area contributed by atoms with Crippen molar-refractivity contribution in [1.29, 1.82) is 0 Å². The highest BCUT2D eigenvalue weighted by Crippen LogP contribution is 2.59. The Morgan fingerprint density at radius 1 is 0.701 bits per heavy atom. The van der Waals surface area contributed by atoms with E-state index in [1.165, 1.54) is 7.11 Å². The van der Waals surface area contributed by atoms with E-state index in [1.54, 1.807) is 27.4 Å². The molecule has 19 nitrogen and oxygen atoms in total. The largest absolute Gasteiger partial charge is 0.469 e. The van der Waals surface area contributed by atoms with Crippen LogP contribution in [-0.2, 0) is 62.3 Å². The van der Waals surface area contributed by atoms with Gasteiger partial charge in [-0.05, 0) is 72.3 Å². The number of fused-ring (bicyclic) bond motifs is 3. The molecule has 0 radical (unpaired) electrons. The van der Waals surface area contributed by atoms with Gasteiger partial charge in [-0.25, -0.2) is 0 Å². The monoisotopic (exact) mass is 954 g/mol. The molecule has 19 heteroatoms. The Morgan fingerprint density at radius 3 is 1.75 bits per heavy atom. The molecule has 0 spiro atoms. The highest BCUT2D eigenvalue weighted by molar-refractivity contribution is 5.93. The summed E-state index contributed by atoms with van der Waals surface area (Å²) in [6, 6.07) is 1.90. The van der Waals surface area contributed by atoms with Gasteiger partial charge in [-0.3, -0.25) is 4.79 Å². The topological polar surface area (TPSA) is 253 Å². The highest BCUT2D eigenvalue weighted by atomic mass is 16.8. The molecule has 0 unspecified atom stereocenters. The summed E-state index contributed by atoms with van der Waals surface area (Å²) in [4.78, 5) is 14.2. The van der Waals surface area contributed by atoms with Crippen molar-refractivity contribution in [2.24, 2.45) is 17.3 Å². The Balaban J connectivity index is 0.851. The van der Waals surface area contributed by atoms with Crippen LogP contribution in [-0.4, -0.2) is 187 Å². The second kappa shape index (κ2) is 20.6. The average Bonchev–Trinajstić information content (AvgIpc) is 3.75. The van der Waals surface area contributed by atoms with E-state index in [0.29, 0.717) is 25.7 Å². The quantitative estimate of drug-likeness (QED) is 0.154. The number of aliphatic hydroxyl groups is 6. The van der Waals surface area contributed by atoms with Crippen LogP contribution in [0.5, 0.6) is 0 Å². The summed E-state index contributed by atoms with van der Waals surface area (Å²) >= 11 is 0. The number of allylic oxidation sites excluding steroid dienone is 1. The average molecular weight is 955 g/mol. The van der Waals surface area contributed by atoms with Crippen molar-refractivity contribution in [2.75, 3.05) is 27.9 Å². The maximum absolute atomic E-state index is 14.2. The number of Topliss-reactive ketones (excluding diaryl/α,β-unsaturated/α-hetero) is 1. The number of rotatable bonds is 13. The summed E-state index contributed by atoms with van der Waals surface area (Å²) in [6.45, 7) is 10.8. The summed E-state index contributed by atoms with van der Waals surface area (Å²) in [6.07, 6.45) is -10.9. The molecule has 0 bridgehead atoms. The van der Waals surface area contributed by atoms with Crippen LogP contribution >= 0.6 is 0 Å². The number of hydrogen-bond donors (Lipinski definition) is 6. The van der Waals surface area contributed by atoms with Crippen LogP contribution in [0, 0.1) is 24.2 Å². The van der Waals surface area contributed by atoms with E-state index in [2.05, 4.69) is 6.08 Å². The van der Waals surface area contributed by atoms with Crippen LogP contribution in [0.1, 0.15) is 90.9 Å². The molecular formula is C48H74O19. The number of aliphatic hydroxyl groups excluding tert-OH is 6. The molecule has 4 aliphatic heterocycles. The summed E-state index contributed by atoms with van der Waals surface area (Å²) < 4.78 is 73.5. The van der Waals surface area contributed by atoms with Gasteiger partial charge in [0.05, 0.1) is 67.1 Å². The number of ether oxygens (including phenoxy) is 11. The molecule has 6 fully saturated rings. The maximum Gasteiger partial charge on any atom is 0.187 e. The molecular weight excluding hydrogens is 881 g/mol. The fraction of sp³-hybridized carbons (Fsp3) is 0.854. The van der Waals surface area contributed by atoms with Crippen molar-refractivity contribution >= 4 is 5.78 Å². The van der Waals surface area contributed by atoms with Crippen LogP contribution in [0.25, 0.3) is 0 Å². The van der Waals surface area contributed by atoms with Crippen molar-refractivity contribution in [1.82, 2.24) is 0 Å². The lowest BCUT2D eigenvalue weighted by Crippen LogP contribution is -2.62. The number of hydrogen-bond acceptors (Lipinski definition) is 19. The summed E-state index contributed by atoms with van der Waals surface area (Å²) in [5.74, 6) is 0.480. The molecule has 3 aliphatic carbocycles. The normalized spacial score (nSPS) is 49.5. The molecule has 24 atom stereocenters. The van der Waals surface area contributed by atoms with Gasteiger partial charge in [0.25, 0.3) is 0 Å². The van der Waals surface area contributed by atoms with Gasteiger partial charge >= 0.3 is 0 Å². The first-order chi connectivity index (χ1) is 31.9. The molecule has 4 saturated heterocycles. The number of aryl methyl sites for hydroxylation is 1. The standard InChI is InChI=1S/C48H74O19/c1-21-27(13-15-59-21)47(5)14-12-28-26(44(47)54)11-10-25-16-29(38(51)45(55)48(25,28)6)63-34-17-30(56-7)41(22(2)60-34)65-35-18-31(57-8)42(23(3)61-35)66-36-19-32(58-9)43(24(4)62-36)67-46-40(53)39(52)37(50)33(20-49)64-46/h10,13,15,22-24,26,28-43,45-46,49-53,55H,11-12,14,16-20H2,1-9H3/t22-,23+,24-,26-,28+,29-,30+,31+,32+,33-,34+,35+,36+,37-,38+,39+,40-,41-,42-,43-,45-,46+,47-,48+/m1/s1. The van der Waals surface area contributed by atoms with Gasteiger partial charge < -0.3 is 87.2 Å². The zero-order valence-electron chi connectivity index (χ0n) is 40.1. The Labute approximate surface area is 392 Å². The lowest BCUT2D eigenvalue weighted by atomic mass is 9.48. The molecule has 5 heterocycles. The minimum absolute atomic E-state index is 0.132. The zero-order valence-corrected chi connectivity index (χ0v) is 40.1. The third kappa shape index (κ3) is 9.49. The lowest BCUT2D eigenvalue weighted by Gasteiger charge is -2.57. The van der Waals surface area contributed by atoms with Gasteiger partial charge in [0, 0.05) is 57.5 Å². The number of furan rings is 1. The Bertz CT molecular complexity index is 1860. The van der Waals surface area contributed by atoms with Crippen LogP contribution in [0.15, 0.2) is 28.4 Å². The second-order valence-electron chi connectivity index (χ2n) is 20.2. The van der Waals surface area contributed by atoms with E-state index in [0.717, 1.165) is 23.3 Å². The van der Waals surface area contributed by atoms with E-state index in [-0.39, 0.29) is 30.5 Å². The third-order valence-electron chi connectivity index (χ3n) is 16.4. The molecule has 380 valence electrons. The van der Waals surface area contributed by atoms with Gasteiger partial charge in [-0.2, -0.15) is 0 Å². The van der Waals surface area contributed by atoms with E-state index in [9.17, 15) is 35.4 Å². The SMILES string of the molecule is CO[C@H]1C[C@H](O[C@H]2[C@@H](OC)C[C@H](O[C@@H]3CC4=CC[C@H]5C(=O)[C@@](C)(c6ccoc6C)CC[C@@H]5[C@@]4(C)[C@H](O)[C@H]3O)O[C@@H]2C)O[C@@H](C)[C@H]1O[C@H]1C[C@H](OC)[C@H](O[C@@H]2O[C@H](CO)[C@@H](O)[C@H](O)[C@H]2O)[C@@H](C)O1. The first kappa shape index (κ1) is 51.4. The molecule has 0 aromatic carbocycles. The van der Waals surface area contributed by atoms with E-state index in [1.807, 2.05) is 40.7 Å². The van der Waals surface area contributed by atoms with Gasteiger partial charge in [0.2, 0.25) is 0 Å². The van der Waals surface area contributed by atoms with Crippen molar-refractivity contribution < 1.29 is 92.0 Å². The van der Waals surface area contributed by atoms with Gasteiger partial charge in [0.15, 0.2) is 25.2 Å². The smallest absolute Gasteiger partial charge is 0.187 e. The van der Waals surface area contributed by atoms with E-state index >= 15 is 0 Å². The van der Waals surface area contributed by atoms with Crippen molar-refractivity contribution in [3.05, 3.63) is 35.3 Å². The summed E-state index contributed by atoms with van der Waals surface area (Å²) in [7, 11) is 4.69. The fourth-order valence-electron chi connectivity index (χ4n) is 12.5. The van der Waals surface area contributed by atoms with Crippen molar-refractivity contribution in [3.8, 4) is 0 Å². The minimum atomic E-state index is -1.59. The summed E-state index contributed by atoms with van der Waals surface area (Å²) in [5.41, 5.74) is 0.442. The zero-order chi connectivity index (χ0) is 48.3. The third-order valence-corrected chi connectivity index (χ3v) is 16.4.